The first-order valence-corrected chi connectivity index (χ1v) is 7.18. The van der Waals surface area contributed by atoms with E-state index in [0.29, 0.717) is 5.41 Å². The molecule has 2 N–H and O–H groups in total. The second kappa shape index (κ2) is 3.98. The molecule has 0 amide bonds. The lowest BCUT2D eigenvalue weighted by atomic mass is 9.76. The molecule has 0 aliphatic heterocycles. The van der Waals surface area contributed by atoms with Crippen LogP contribution in [0.1, 0.15) is 31.5 Å². The highest BCUT2D eigenvalue weighted by molar-refractivity contribution is 5.85. The molecule has 1 aliphatic rings. The molecule has 101 valence electrons. The van der Waals surface area contributed by atoms with Crippen LogP contribution in [0.25, 0.3) is 22.3 Å². The molecule has 0 saturated heterocycles. The van der Waals surface area contributed by atoms with E-state index in [2.05, 4.69) is 47.2 Å². The summed E-state index contributed by atoms with van der Waals surface area (Å²) in [6, 6.07) is 11.3. The van der Waals surface area contributed by atoms with Gasteiger partial charge in [-0.1, -0.05) is 26.0 Å². The number of H-pyrrole nitrogens is 2. The van der Waals surface area contributed by atoms with E-state index in [0.717, 1.165) is 29.7 Å². The van der Waals surface area contributed by atoms with Crippen molar-refractivity contribution in [1.29, 1.82) is 0 Å². The summed E-state index contributed by atoms with van der Waals surface area (Å²) in [5, 5.41) is 9.02. The maximum absolute atomic E-state index is 4.56. The Morgan fingerprint density at radius 2 is 2.25 bits per heavy atom. The molecule has 20 heavy (non-hydrogen) atoms. The van der Waals surface area contributed by atoms with Gasteiger partial charge in [0.2, 0.25) is 0 Å². The number of nitrogens with zero attached hydrogens (tertiary/aromatic N) is 1. The first-order valence-electron chi connectivity index (χ1n) is 7.18. The highest BCUT2D eigenvalue weighted by atomic mass is 15.1. The van der Waals surface area contributed by atoms with E-state index < -0.39 is 0 Å². The topological polar surface area (TPSA) is 44.5 Å². The van der Waals surface area contributed by atoms with E-state index in [9.17, 15) is 0 Å². The molecule has 1 radical (unpaired) electrons. The van der Waals surface area contributed by atoms with Gasteiger partial charge in [-0.25, -0.2) is 0 Å². The molecule has 2 aromatic heterocycles. The van der Waals surface area contributed by atoms with Crippen molar-refractivity contribution >= 4 is 10.9 Å². The van der Waals surface area contributed by atoms with Gasteiger partial charge in [-0.3, -0.25) is 5.10 Å². The number of benzene rings is 1. The SMILES string of the molecule is CC1(C)CCc2c(-c3cc4cc[c]cc4[nH]3)n[nH]c2C1. The van der Waals surface area contributed by atoms with Crippen LogP contribution in [0, 0.1) is 11.5 Å². The normalized spacial score (nSPS) is 17.3. The van der Waals surface area contributed by atoms with Crippen molar-refractivity contribution in [2.75, 3.05) is 0 Å². The Morgan fingerprint density at radius 1 is 1.35 bits per heavy atom. The standard InChI is InChI=1S/C17H18N3/c1-17(2)8-7-12-15(10-17)19-20-16(12)14-9-11-5-3-4-6-13(11)18-14/h3,5-6,9,18H,7-8,10H2,1-2H3,(H,19,20). The largest absolute Gasteiger partial charge is 0.353 e. The van der Waals surface area contributed by atoms with Crippen molar-refractivity contribution in [3.63, 3.8) is 0 Å². The fraction of sp³-hybridized carbons (Fsp3) is 0.353. The lowest BCUT2D eigenvalue weighted by Gasteiger charge is -2.28. The summed E-state index contributed by atoms with van der Waals surface area (Å²) in [7, 11) is 0. The minimum atomic E-state index is 0.381. The van der Waals surface area contributed by atoms with E-state index >= 15 is 0 Å². The molecule has 2 heterocycles. The summed E-state index contributed by atoms with van der Waals surface area (Å²) in [6.45, 7) is 4.66. The number of fused-ring (bicyclic) bond motifs is 2. The van der Waals surface area contributed by atoms with Crippen LogP contribution in [0.2, 0.25) is 0 Å². The van der Waals surface area contributed by atoms with Gasteiger partial charge in [0.25, 0.3) is 0 Å². The minimum Gasteiger partial charge on any atom is -0.353 e. The van der Waals surface area contributed by atoms with Crippen molar-refractivity contribution in [1.82, 2.24) is 15.2 Å². The van der Waals surface area contributed by atoms with Gasteiger partial charge in [-0.15, -0.1) is 0 Å². The first-order chi connectivity index (χ1) is 9.62. The lowest BCUT2D eigenvalue weighted by Crippen LogP contribution is -2.21. The average molecular weight is 264 g/mol. The smallest absolute Gasteiger partial charge is 0.112 e. The van der Waals surface area contributed by atoms with Crippen LogP contribution in [0.5, 0.6) is 0 Å². The van der Waals surface area contributed by atoms with Gasteiger partial charge in [-0.2, -0.15) is 5.10 Å². The molecule has 3 aromatic rings. The van der Waals surface area contributed by atoms with Gasteiger partial charge in [-0.05, 0) is 42.9 Å². The van der Waals surface area contributed by atoms with Crippen molar-refractivity contribution in [2.45, 2.75) is 33.1 Å². The van der Waals surface area contributed by atoms with Crippen molar-refractivity contribution in [2.24, 2.45) is 5.41 Å². The second-order valence-corrected chi connectivity index (χ2v) is 6.57. The first kappa shape index (κ1) is 11.8. The average Bonchev–Trinajstić information content (AvgIpc) is 2.99. The Balaban J connectivity index is 1.82. The quantitative estimate of drug-likeness (QED) is 0.688. The number of nitrogens with one attached hydrogen (secondary N) is 2. The Hall–Kier alpha value is -2.03. The second-order valence-electron chi connectivity index (χ2n) is 6.57. The van der Waals surface area contributed by atoms with E-state index in [4.69, 9.17) is 0 Å². The summed E-state index contributed by atoms with van der Waals surface area (Å²) < 4.78 is 0. The lowest BCUT2D eigenvalue weighted by molar-refractivity contribution is 0.312. The zero-order valence-electron chi connectivity index (χ0n) is 11.9. The number of aromatic amines is 2. The van der Waals surface area contributed by atoms with Crippen LogP contribution in [0.3, 0.4) is 0 Å². The van der Waals surface area contributed by atoms with E-state index in [1.54, 1.807) is 0 Å². The third-order valence-electron chi connectivity index (χ3n) is 4.38. The third-order valence-corrected chi connectivity index (χ3v) is 4.38. The third kappa shape index (κ3) is 1.77. The van der Waals surface area contributed by atoms with Gasteiger partial charge in [0.05, 0.1) is 5.69 Å². The molecule has 0 unspecified atom stereocenters. The predicted octanol–water partition coefficient (Wildman–Crippen LogP) is 3.87. The molecular formula is C17H18N3. The Morgan fingerprint density at radius 3 is 3.10 bits per heavy atom. The summed E-state index contributed by atoms with van der Waals surface area (Å²) in [4.78, 5) is 3.46. The molecule has 0 bridgehead atoms. The maximum Gasteiger partial charge on any atom is 0.112 e. The zero-order valence-corrected chi connectivity index (χ0v) is 11.9. The molecule has 3 nitrogen and oxygen atoms in total. The van der Waals surface area contributed by atoms with Crippen LogP contribution in [-0.4, -0.2) is 15.2 Å². The number of aromatic nitrogens is 3. The number of rotatable bonds is 1. The predicted molar refractivity (Wildman–Crippen MR) is 80.5 cm³/mol. The molecule has 0 atom stereocenters. The minimum absolute atomic E-state index is 0.381. The van der Waals surface area contributed by atoms with Gasteiger partial charge < -0.3 is 4.98 Å². The van der Waals surface area contributed by atoms with Crippen LogP contribution in [-0.2, 0) is 12.8 Å². The van der Waals surface area contributed by atoms with E-state index in [-0.39, 0.29) is 0 Å². The molecule has 0 spiro atoms. The summed E-state index contributed by atoms with van der Waals surface area (Å²) in [6.07, 6.45) is 3.42. The molecule has 4 rings (SSSR count). The summed E-state index contributed by atoms with van der Waals surface area (Å²) in [5.41, 5.74) is 6.40. The van der Waals surface area contributed by atoms with Crippen LogP contribution in [0.4, 0.5) is 0 Å². The van der Waals surface area contributed by atoms with Crippen LogP contribution < -0.4 is 0 Å². The fourth-order valence-corrected chi connectivity index (χ4v) is 3.21. The molecule has 1 aliphatic carbocycles. The van der Waals surface area contributed by atoms with Crippen LogP contribution in [0.15, 0.2) is 24.3 Å². The van der Waals surface area contributed by atoms with E-state index in [1.807, 2.05) is 12.1 Å². The van der Waals surface area contributed by atoms with Gasteiger partial charge in [0.1, 0.15) is 5.69 Å². The van der Waals surface area contributed by atoms with Crippen molar-refractivity contribution < 1.29 is 0 Å². The Kier molecular flexibility index (Phi) is 2.34. The highest BCUT2D eigenvalue weighted by Crippen LogP contribution is 2.37. The maximum atomic E-state index is 4.56. The molecule has 0 fully saturated rings. The van der Waals surface area contributed by atoms with Gasteiger partial charge in [0.15, 0.2) is 0 Å². The highest BCUT2D eigenvalue weighted by Gasteiger charge is 2.29. The number of hydrogen-bond acceptors (Lipinski definition) is 1. The molecule has 1 aromatic carbocycles. The summed E-state index contributed by atoms with van der Waals surface area (Å²) >= 11 is 0. The van der Waals surface area contributed by atoms with Gasteiger partial charge >= 0.3 is 0 Å². The van der Waals surface area contributed by atoms with Crippen LogP contribution >= 0.6 is 0 Å². The van der Waals surface area contributed by atoms with E-state index in [1.165, 1.54) is 23.1 Å². The zero-order chi connectivity index (χ0) is 13.7. The molecular weight excluding hydrogens is 246 g/mol. The van der Waals surface area contributed by atoms with Crippen molar-refractivity contribution in [3.05, 3.63) is 41.6 Å². The fourth-order valence-electron chi connectivity index (χ4n) is 3.21. The van der Waals surface area contributed by atoms with Crippen molar-refractivity contribution in [3.8, 4) is 11.4 Å². The summed E-state index contributed by atoms with van der Waals surface area (Å²) in [5.74, 6) is 0. The monoisotopic (exact) mass is 264 g/mol. The van der Waals surface area contributed by atoms with Gasteiger partial charge in [0, 0.05) is 22.2 Å². The molecule has 3 heteroatoms. The Bertz CT molecular complexity index is 743. The Labute approximate surface area is 118 Å². The molecule has 0 saturated carbocycles. The number of hydrogen-bond donors (Lipinski definition) is 2.